The van der Waals surface area contributed by atoms with Crippen molar-refractivity contribution < 1.29 is 19.0 Å². The molecule has 2 aromatic carbocycles. The Hall–Kier alpha value is -2.97. The van der Waals surface area contributed by atoms with E-state index in [2.05, 4.69) is 28.3 Å². The van der Waals surface area contributed by atoms with E-state index < -0.39 is 0 Å². The van der Waals surface area contributed by atoms with Crippen LogP contribution in [0.3, 0.4) is 0 Å². The van der Waals surface area contributed by atoms with E-state index in [-0.39, 0.29) is 12.1 Å². The number of carbonyl (C=O) groups excluding carboxylic acids is 1. The van der Waals surface area contributed by atoms with Gasteiger partial charge in [0.2, 0.25) is 0 Å². The predicted molar refractivity (Wildman–Crippen MR) is 121 cm³/mol. The number of likely N-dealkylation sites (tertiary alicyclic amines) is 1. The molecule has 0 spiro atoms. The number of fused-ring (bicyclic) bond motifs is 1. The van der Waals surface area contributed by atoms with Crippen LogP contribution in [0.2, 0.25) is 0 Å². The summed E-state index contributed by atoms with van der Waals surface area (Å²) in [5.41, 5.74) is 8.89. The van der Waals surface area contributed by atoms with Crippen LogP contribution >= 0.6 is 0 Å². The zero-order valence-electron chi connectivity index (χ0n) is 18.3. The molecule has 2 aromatic rings. The van der Waals surface area contributed by atoms with E-state index in [4.69, 9.17) is 14.2 Å². The zero-order chi connectivity index (χ0) is 21.9. The Bertz CT molecular complexity index is 961. The highest BCUT2D eigenvalue weighted by atomic mass is 16.6. The first kappa shape index (κ1) is 20.9. The van der Waals surface area contributed by atoms with Crippen LogP contribution in [-0.2, 0) is 0 Å². The molecular weight excluding hydrogens is 408 g/mol. The molecule has 5 rings (SSSR count). The predicted octanol–water partition coefficient (Wildman–Crippen LogP) is 3.32. The number of hydrogen-bond acceptors (Lipinski definition) is 6. The van der Waals surface area contributed by atoms with Crippen molar-refractivity contribution in [2.75, 3.05) is 38.7 Å². The topological polar surface area (TPSA) is 84.1 Å². The largest absolute Gasteiger partial charge is 0.497 e. The minimum atomic E-state index is -0.0631. The summed E-state index contributed by atoms with van der Waals surface area (Å²) in [6.45, 7) is 2.59. The summed E-state index contributed by atoms with van der Waals surface area (Å²) < 4.78 is 16.5. The number of anilines is 1. The number of methoxy groups -OCH3 is 1. The second kappa shape index (κ2) is 9.26. The van der Waals surface area contributed by atoms with Crippen LogP contribution in [0.15, 0.2) is 42.5 Å². The third-order valence-corrected chi connectivity index (χ3v) is 6.62. The molecule has 2 fully saturated rings. The van der Waals surface area contributed by atoms with Crippen molar-refractivity contribution in [1.82, 2.24) is 15.8 Å². The minimum absolute atomic E-state index is 0.0631. The number of piperidine rings is 1. The molecular formula is C24H30N4O4. The molecule has 2 amide bonds. The molecule has 0 aromatic heterocycles. The molecule has 2 atom stereocenters. The maximum Gasteiger partial charge on any atom is 0.321 e. The highest BCUT2D eigenvalue weighted by Crippen LogP contribution is 2.34. The van der Waals surface area contributed by atoms with Gasteiger partial charge in [-0.15, -0.1) is 0 Å². The zero-order valence-corrected chi connectivity index (χ0v) is 18.3. The monoisotopic (exact) mass is 438 g/mol. The summed E-state index contributed by atoms with van der Waals surface area (Å²) in [6, 6.07) is 14.3. The van der Waals surface area contributed by atoms with Gasteiger partial charge in [-0.1, -0.05) is 12.1 Å². The number of hydrogen-bond donors (Lipinski definition) is 3. The Morgan fingerprint density at radius 3 is 2.69 bits per heavy atom. The number of amides is 2. The van der Waals surface area contributed by atoms with E-state index in [1.807, 2.05) is 35.2 Å². The quantitative estimate of drug-likeness (QED) is 0.679. The maximum atomic E-state index is 12.8. The summed E-state index contributed by atoms with van der Waals surface area (Å²) in [5.74, 6) is 2.82. The fraction of sp³-hybridized carbons (Fsp3) is 0.458. The van der Waals surface area contributed by atoms with Gasteiger partial charge >= 0.3 is 6.03 Å². The Morgan fingerprint density at radius 2 is 1.88 bits per heavy atom. The van der Waals surface area contributed by atoms with Gasteiger partial charge in [-0.05, 0) is 55.0 Å². The molecule has 8 heteroatoms. The standard InChI is InChI=1S/C24H30N4O4/c1-30-19-4-2-3-17(13-19)21-15-20(26-27-21)16-7-9-28(10-8-16)24(29)25-18-5-6-22-23(14-18)32-12-11-31-22/h2-6,13-14,16,20-21,26-27H,7-12,15H2,1H3,(H,25,29). The summed E-state index contributed by atoms with van der Waals surface area (Å²) in [7, 11) is 1.69. The van der Waals surface area contributed by atoms with Crippen molar-refractivity contribution in [3.05, 3.63) is 48.0 Å². The molecule has 3 aliphatic heterocycles. The molecule has 32 heavy (non-hydrogen) atoms. The van der Waals surface area contributed by atoms with Gasteiger partial charge in [0, 0.05) is 36.9 Å². The number of carbonyl (C=O) groups is 1. The lowest BCUT2D eigenvalue weighted by molar-refractivity contribution is 0.169. The number of hydrazine groups is 1. The average Bonchev–Trinajstić information content (AvgIpc) is 3.34. The van der Waals surface area contributed by atoms with Crippen molar-refractivity contribution in [2.45, 2.75) is 31.3 Å². The molecule has 0 radical (unpaired) electrons. The molecule has 0 saturated carbocycles. The van der Waals surface area contributed by atoms with Gasteiger partial charge < -0.3 is 24.4 Å². The fourth-order valence-corrected chi connectivity index (χ4v) is 4.80. The van der Waals surface area contributed by atoms with Crippen LogP contribution in [0, 0.1) is 5.92 Å². The van der Waals surface area contributed by atoms with Crippen LogP contribution in [-0.4, -0.2) is 50.4 Å². The van der Waals surface area contributed by atoms with Crippen LogP contribution in [0.5, 0.6) is 17.2 Å². The molecule has 8 nitrogen and oxygen atoms in total. The second-order valence-electron chi connectivity index (χ2n) is 8.57. The fourth-order valence-electron chi connectivity index (χ4n) is 4.80. The van der Waals surface area contributed by atoms with E-state index in [1.165, 1.54) is 5.56 Å². The lowest BCUT2D eigenvalue weighted by Crippen LogP contribution is -2.45. The highest BCUT2D eigenvalue weighted by Gasteiger charge is 2.34. The van der Waals surface area contributed by atoms with Crippen molar-refractivity contribution in [2.24, 2.45) is 5.92 Å². The van der Waals surface area contributed by atoms with Gasteiger partial charge in [0.1, 0.15) is 19.0 Å². The third kappa shape index (κ3) is 4.47. The second-order valence-corrected chi connectivity index (χ2v) is 8.57. The van der Waals surface area contributed by atoms with Gasteiger partial charge in [0.15, 0.2) is 11.5 Å². The van der Waals surface area contributed by atoms with Gasteiger partial charge in [-0.3, -0.25) is 10.9 Å². The summed E-state index contributed by atoms with van der Waals surface area (Å²) in [5, 5.41) is 3.00. The highest BCUT2D eigenvalue weighted by molar-refractivity contribution is 5.89. The minimum Gasteiger partial charge on any atom is -0.497 e. The van der Waals surface area contributed by atoms with Gasteiger partial charge in [-0.25, -0.2) is 4.79 Å². The Labute approximate surface area is 188 Å². The molecule has 0 bridgehead atoms. The molecule has 3 heterocycles. The molecule has 3 aliphatic rings. The maximum absolute atomic E-state index is 12.8. The number of rotatable bonds is 4. The molecule has 0 aliphatic carbocycles. The van der Waals surface area contributed by atoms with Crippen LogP contribution < -0.4 is 30.4 Å². The SMILES string of the molecule is COc1cccc(C2CC(C3CCN(C(=O)Nc4ccc5c(c4)OCCO5)CC3)NN2)c1. The lowest BCUT2D eigenvalue weighted by Gasteiger charge is -2.34. The smallest absolute Gasteiger partial charge is 0.321 e. The Morgan fingerprint density at radius 1 is 1.06 bits per heavy atom. The first-order valence-corrected chi connectivity index (χ1v) is 11.3. The summed E-state index contributed by atoms with van der Waals surface area (Å²) in [4.78, 5) is 14.7. The van der Waals surface area contributed by atoms with E-state index in [1.54, 1.807) is 7.11 Å². The normalized spacial score (nSPS) is 23.1. The molecule has 2 unspecified atom stereocenters. The number of benzene rings is 2. The average molecular weight is 439 g/mol. The van der Waals surface area contributed by atoms with Crippen molar-refractivity contribution in [1.29, 1.82) is 0 Å². The van der Waals surface area contributed by atoms with Crippen LogP contribution in [0.4, 0.5) is 10.5 Å². The first-order chi connectivity index (χ1) is 15.7. The first-order valence-electron chi connectivity index (χ1n) is 11.3. The van der Waals surface area contributed by atoms with Gasteiger partial charge in [0.25, 0.3) is 0 Å². The molecule has 3 N–H and O–H groups in total. The number of urea groups is 1. The van der Waals surface area contributed by atoms with E-state index in [0.717, 1.165) is 49.5 Å². The van der Waals surface area contributed by atoms with Crippen LogP contribution in [0.1, 0.15) is 30.9 Å². The van der Waals surface area contributed by atoms with Gasteiger partial charge in [0.05, 0.1) is 7.11 Å². The lowest BCUT2D eigenvalue weighted by atomic mass is 9.86. The number of nitrogens with one attached hydrogen (secondary N) is 3. The molecule has 2 saturated heterocycles. The van der Waals surface area contributed by atoms with E-state index in [9.17, 15) is 4.79 Å². The Kier molecular flexibility index (Phi) is 6.05. The van der Waals surface area contributed by atoms with Crippen LogP contribution in [0.25, 0.3) is 0 Å². The Balaban J connectivity index is 1.12. The number of ether oxygens (including phenoxy) is 3. The van der Waals surface area contributed by atoms with Crippen molar-refractivity contribution >= 4 is 11.7 Å². The van der Waals surface area contributed by atoms with Crippen molar-refractivity contribution in [3.63, 3.8) is 0 Å². The molecule has 170 valence electrons. The summed E-state index contributed by atoms with van der Waals surface area (Å²) in [6.07, 6.45) is 3.00. The third-order valence-electron chi connectivity index (χ3n) is 6.62. The van der Waals surface area contributed by atoms with Gasteiger partial charge in [-0.2, -0.15) is 0 Å². The van der Waals surface area contributed by atoms with E-state index >= 15 is 0 Å². The number of nitrogens with zero attached hydrogens (tertiary/aromatic N) is 1. The van der Waals surface area contributed by atoms with E-state index in [0.29, 0.717) is 30.9 Å². The van der Waals surface area contributed by atoms with Crippen molar-refractivity contribution in [3.8, 4) is 17.2 Å². The summed E-state index contributed by atoms with van der Waals surface area (Å²) >= 11 is 0.